The molecule has 2 heterocycles. The lowest BCUT2D eigenvalue weighted by Gasteiger charge is -2.33. The number of rotatable bonds is 6. The van der Waals surface area contributed by atoms with E-state index >= 15 is 0 Å². The van der Waals surface area contributed by atoms with Gasteiger partial charge in [-0.3, -0.25) is 4.79 Å². The lowest BCUT2D eigenvalue weighted by Crippen LogP contribution is -2.52. The Bertz CT molecular complexity index is 1090. The van der Waals surface area contributed by atoms with E-state index < -0.39 is 16.1 Å². The number of nitrogens with zero attached hydrogens (tertiary/aromatic N) is 1. The van der Waals surface area contributed by atoms with Crippen molar-refractivity contribution in [1.82, 2.24) is 14.6 Å². The second kappa shape index (κ2) is 8.39. The number of carbonyl (C=O) groups is 1. The monoisotopic (exact) mass is 411 g/mol. The third-order valence-corrected chi connectivity index (χ3v) is 7.40. The van der Waals surface area contributed by atoms with Gasteiger partial charge in [0, 0.05) is 30.2 Å². The molecule has 2 aromatic carbocycles. The average molecular weight is 412 g/mol. The van der Waals surface area contributed by atoms with E-state index in [0.717, 1.165) is 29.3 Å². The van der Waals surface area contributed by atoms with Gasteiger partial charge in [-0.05, 0) is 43.0 Å². The summed E-state index contributed by atoms with van der Waals surface area (Å²) < 4.78 is 27.5. The van der Waals surface area contributed by atoms with Gasteiger partial charge in [0.05, 0.1) is 4.90 Å². The van der Waals surface area contributed by atoms with Crippen molar-refractivity contribution < 1.29 is 13.2 Å². The molecular weight excluding hydrogens is 386 g/mol. The molecule has 1 fully saturated rings. The molecule has 0 bridgehead atoms. The van der Waals surface area contributed by atoms with Gasteiger partial charge in [0.1, 0.15) is 6.04 Å². The number of sulfonamides is 1. The van der Waals surface area contributed by atoms with Gasteiger partial charge in [-0.2, -0.15) is 4.31 Å². The average Bonchev–Trinajstić information content (AvgIpc) is 3.17. The van der Waals surface area contributed by atoms with Crippen molar-refractivity contribution in [2.75, 3.05) is 13.1 Å². The van der Waals surface area contributed by atoms with Crippen molar-refractivity contribution in [3.05, 3.63) is 66.4 Å². The molecule has 1 atom stereocenters. The van der Waals surface area contributed by atoms with Gasteiger partial charge >= 0.3 is 0 Å². The Morgan fingerprint density at radius 1 is 1.07 bits per heavy atom. The van der Waals surface area contributed by atoms with Gasteiger partial charge in [-0.1, -0.05) is 42.8 Å². The number of H-pyrrole nitrogens is 1. The van der Waals surface area contributed by atoms with E-state index in [1.807, 2.05) is 24.4 Å². The maximum atomic E-state index is 13.1. The molecule has 7 heteroatoms. The van der Waals surface area contributed by atoms with Crippen molar-refractivity contribution in [3.8, 4) is 0 Å². The molecule has 4 rings (SSSR count). The highest BCUT2D eigenvalue weighted by Crippen LogP contribution is 2.25. The Kier molecular flexibility index (Phi) is 5.69. The molecular formula is C22H25N3O3S. The van der Waals surface area contributed by atoms with Crippen LogP contribution in [0.3, 0.4) is 0 Å². The van der Waals surface area contributed by atoms with Crippen LogP contribution in [0.2, 0.25) is 0 Å². The molecule has 6 nitrogen and oxygen atoms in total. The standard InChI is InChI=1S/C22H25N3O3S/c26-22(23-14-13-17-16-24-20-11-5-4-10-19(17)20)21-12-6-7-15-25(21)29(27,28)18-8-2-1-3-9-18/h1-5,8-11,16,21,24H,6-7,12-15H2,(H,23,26)/t21-/m0/s1. The normalized spacial score (nSPS) is 18.0. The number of hydrogen-bond acceptors (Lipinski definition) is 3. The summed E-state index contributed by atoms with van der Waals surface area (Å²) in [5, 5.41) is 4.10. The molecule has 0 saturated carbocycles. The van der Waals surface area contributed by atoms with Crippen LogP contribution in [0.1, 0.15) is 24.8 Å². The van der Waals surface area contributed by atoms with E-state index in [-0.39, 0.29) is 10.8 Å². The Labute approximate surface area is 171 Å². The Morgan fingerprint density at radius 3 is 2.66 bits per heavy atom. The van der Waals surface area contributed by atoms with Gasteiger partial charge < -0.3 is 10.3 Å². The number of amides is 1. The number of carbonyl (C=O) groups excluding carboxylic acids is 1. The number of piperidine rings is 1. The van der Waals surface area contributed by atoms with E-state index in [4.69, 9.17) is 0 Å². The molecule has 1 aliphatic heterocycles. The quantitative estimate of drug-likeness (QED) is 0.654. The first kappa shape index (κ1) is 19.7. The molecule has 1 aromatic heterocycles. The summed E-state index contributed by atoms with van der Waals surface area (Å²) in [4.78, 5) is 16.3. The topological polar surface area (TPSA) is 82.3 Å². The molecule has 0 radical (unpaired) electrons. The van der Waals surface area contributed by atoms with Crippen LogP contribution in [0.4, 0.5) is 0 Å². The summed E-state index contributed by atoms with van der Waals surface area (Å²) in [7, 11) is -3.69. The van der Waals surface area contributed by atoms with Crippen molar-refractivity contribution in [2.24, 2.45) is 0 Å². The summed E-state index contributed by atoms with van der Waals surface area (Å²) in [6, 6.07) is 15.7. The Balaban J connectivity index is 1.44. The maximum Gasteiger partial charge on any atom is 0.243 e. The van der Waals surface area contributed by atoms with E-state index in [1.165, 1.54) is 4.31 Å². The molecule has 1 amide bonds. The smallest absolute Gasteiger partial charge is 0.243 e. The van der Waals surface area contributed by atoms with Gasteiger partial charge in [-0.25, -0.2) is 8.42 Å². The maximum absolute atomic E-state index is 13.1. The first-order chi connectivity index (χ1) is 14.1. The molecule has 152 valence electrons. The van der Waals surface area contributed by atoms with Crippen LogP contribution in [0, 0.1) is 0 Å². The predicted molar refractivity (Wildman–Crippen MR) is 113 cm³/mol. The third kappa shape index (κ3) is 4.06. The zero-order valence-corrected chi connectivity index (χ0v) is 17.0. The molecule has 2 N–H and O–H groups in total. The molecule has 1 saturated heterocycles. The summed E-state index contributed by atoms with van der Waals surface area (Å²) in [6.07, 6.45) is 4.81. The first-order valence-electron chi connectivity index (χ1n) is 9.97. The number of nitrogens with one attached hydrogen (secondary N) is 2. The SMILES string of the molecule is O=C(NCCc1c[nH]c2ccccc12)[C@@H]1CCCCN1S(=O)(=O)c1ccccc1. The van der Waals surface area contributed by atoms with Gasteiger partial charge in [0.2, 0.25) is 15.9 Å². The first-order valence-corrected chi connectivity index (χ1v) is 11.4. The van der Waals surface area contributed by atoms with E-state index in [0.29, 0.717) is 25.9 Å². The molecule has 0 aliphatic carbocycles. The highest BCUT2D eigenvalue weighted by Gasteiger charge is 2.37. The third-order valence-electron chi connectivity index (χ3n) is 5.47. The number of hydrogen-bond donors (Lipinski definition) is 2. The van der Waals surface area contributed by atoms with Crippen molar-refractivity contribution in [2.45, 2.75) is 36.6 Å². The number of aromatic nitrogens is 1. The molecule has 29 heavy (non-hydrogen) atoms. The van der Waals surface area contributed by atoms with Crippen LogP contribution in [0.5, 0.6) is 0 Å². The minimum atomic E-state index is -3.69. The molecule has 0 spiro atoms. The molecule has 3 aromatic rings. The van der Waals surface area contributed by atoms with Crippen LogP contribution < -0.4 is 5.32 Å². The van der Waals surface area contributed by atoms with Crippen LogP contribution in [0.15, 0.2) is 65.7 Å². The number of fused-ring (bicyclic) bond motifs is 1. The summed E-state index contributed by atoms with van der Waals surface area (Å²) in [6.45, 7) is 0.841. The van der Waals surface area contributed by atoms with Crippen molar-refractivity contribution in [3.63, 3.8) is 0 Å². The largest absolute Gasteiger partial charge is 0.361 e. The van der Waals surface area contributed by atoms with Crippen LogP contribution in [-0.4, -0.2) is 42.7 Å². The zero-order valence-electron chi connectivity index (χ0n) is 16.2. The number of benzene rings is 2. The van der Waals surface area contributed by atoms with Crippen molar-refractivity contribution in [1.29, 1.82) is 0 Å². The minimum absolute atomic E-state index is 0.218. The zero-order chi connectivity index (χ0) is 20.3. The van der Waals surface area contributed by atoms with E-state index in [1.54, 1.807) is 30.3 Å². The van der Waals surface area contributed by atoms with E-state index in [2.05, 4.69) is 16.4 Å². The second-order valence-electron chi connectivity index (χ2n) is 7.34. The Hall–Kier alpha value is -2.64. The summed E-state index contributed by atoms with van der Waals surface area (Å²) in [5.41, 5.74) is 2.21. The fourth-order valence-electron chi connectivity index (χ4n) is 3.96. The Morgan fingerprint density at radius 2 is 1.83 bits per heavy atom. The minimum Gasteiger partial charge on any atom is -0.361 e. The van der Waals surface area contributed by atoms with Gasteiger partial charge in [0.15, 0.2) is 0 Å². The van der Waals surface area contributed by atoms with E-state index in [9.17, 15) is 13.2 Å². The van der Waals surface area contributed by atoms with Crippen molar-refractivity contribution >= 4 is 26.8 Å². The fourth-order valence-corrected chi connectivity index (χ4v) is 5.64. The molecule has 1 aliphatic rings. The summed E-state index contributed by atoms with van der Waals surface area (Å²) >= 11 is 0. The van der Waals surface area contributed by atoms with Crippen LogP contribution >= 0.6 is 0 Å². The number of aromatic amines is 1. The van der Waals surface area contributed by atoms with Gasteiger partial charge in [-0.15, -0.1) is 0 Å². The van der Waals surface area contributed by atoms with Gasteiger partial charge in [0.25, 0.3) is 0 Å². The second-order valence-corrected chi connectivity index (χ2v) is 9.23. The number of para-hydroxylation sites is 1. The summed E-state index contributed by atoms with van der Waals surface area (Å²) in [5.74, 6) is -0.218. The highest BCUT2D eigenvalue weighted by atomic mass is 32.2. The lowest BCUT2D eigenvalue weighted by atomic mass is 10.0. The van der Waals surface area contributed by atoms with Crippen LogP contribution in [-0.2, 0) is 21.2 Å². The van der Waals surface area contributed by atoms with Crippen LogP contribution in [0.25, 0.3) is 10.9 Å². The fraction of sp³-hybridized carbons (Fsp3) is 0.318. The lowest BCUT2D eigenvalue weighted by molar-refractivity contribution is -0.125. The predicted octanol–water partition coefficient (Wildman–Crippen LogP) is 3.07. The molecule has 0 unspecified atom stereocenters. The highest BCUT2D eigenvalue weighted by molar-refractivity contribution is 7.89.